The Balaban J connectivity index is 1.37. The van der Waals surface area contributed by atoms with Gasteiger partial charge in [0.2, 0.25) is 0 Å². The van der Waals surface area contributed by atoms with Crippen LogP contribution in [-0.4, -0.2) is 31.8 Å². The fourth-order valence-corrected chi connectivity index (χ4v) is 10.7. The molecular weight excluding hydrogens is 665 g/mol. The summed E-state index contributed by atoms with van der Waals surface area (Å²) in [6.07, 6.45) is 4.72. The molecule has 0 spiro atoms. The second-order valence-corrected chi connectivity index (χ2v) is 15.9. The Morgan fingerprint density at radius 1 is 0.712 bits per heavy atom. The summed E-state index contributed by atoms with van der Waals surface area (Å²) in [6.45, 7) is 1.47. The second kappa shape index (κ2) is 14.8. The van der Waals surface area contributed by atoms with Gasteiger partial charge in [-0.1, -0.05) is 109 Å². The number of hydrogen-bond donors (Lipinski definition) is 0. The Labute approximate surface area is 303 Å². The first kappa shape index (κ1) is 33.3. The van der Waals surface area contributed by atoms with E-state index in [9.17, 15) is 4.79 Å². The quantitative estimate of drug-likeness (QED) is 0.110. The van der Waals surface area contributed by atoms with E-state index in [1.165, 1.54) is 6.92 Å². The number of aromatic nitrogens is 4. The van der Waals surface area contributed by atoms with Crippen molar-refractivity contribution in [2.24, 2.45) is 4.74 Å². The molecule has 1 saturated carbocycles. The third-order valence-corrected chi connectivity index (χ3v) is 13.1. The summed E-state index contributed by atoms with van der Waals surface area (Å²) in [5.74, 6) is 1.80. The van der Waals surface area contributed by atoms with E-state index in [0.717, 1.165) is 63.3 Å². The zero-order valence-electron chi connectivity index (χ0n) is 28.8. The monoisotopic (exact) mass is 703 g/mol. The van der Waals surface area contributed by atoms with Gasteiger partial charge in [0.15, 0.2) is 11.5 Å². The molecule has 258 valence electrons. The third kappa shape index (κ3) is 6.65. The summed E-state index contributed by atoms with van der Waals surface area (Å²) in [6, 6.07) is 49.3. The Bertz CT molecular complexity index is 2250. The SMILES string of the molecule is CC(=O)O[C@@H]1CCC[C@@H](n2nc(-c3ccc(Oc4ccccc4)cc3)c3c(N=P(c4ccccc4)(c4ccccc4)c4ccccc4)ncnc32)C1. The van der Waals surface area contributed by atoms with Gasteiger partial charge in [-0.25, -0.2) is 19.4 Å². The van der Waals surface area contributed by atoms with Crippen molar-refractivity contribution >= 4 is 45.8 Å². The lowest BCUT2D eigenvalue weighted by Gasteiger charge is -2.29. The van der Waals surface area contributed by atoms with E-state index in [-0.39, 0.29) is 18.1 Å². The number of ether oxygens (including phenoxy) is 2. The number of carbonyl (C=O) groups is 1. The lowest BCUT2D eigenvalue weighted by molar-refractivity contribution is -0.148. The Kier molecular flexibility index (Phi) is 9.47. The highest BCUT2D eigenvalue weighted by molar-refractivity contribution is 7.87. The van der Waals surface area contributed by atoms with Crippen molar-refractivity contribution in [1.29, 1.82) is 0 Å². The topological polar surface area (TPSA) is 91.5 Å². The highest BCUT2D eigenvalue weighted by atomic mass is 31.2. The van der Waals surface area contributed by atoms with Gasteiger partial charge in [-0.15, -0.1) is 0 Å². The molecule has 2 aromatic heterocycles. The van der Waals surface area contributed by atoms with E-state index >= 15 is 0 Å². The van der Waals surface area contributed by atoms with Gasteiger partial charge >= 0.3 is 5.97 Å². The molecule has 9 heteroatoms. The zero-order chi connectivity index (χ0) is 35.3. The fraction of sp³-hybridized carbons (Fsp3) is 0.163. The molecule has 1 aliphatic rings. The van der Waals surface area contributed by atoms with E-state index in [0.29, 0.717) is 17.9 Å². The standard InChI is InChI=1S/C43H38N5O3P/c1-31(49)50-36-18-14-15-33(29-36)48-43-40(41(46-48)32-25-27-35(28-26-32)51-34-16-6-2-7-17-34)42(44-30-45-43)47-52(37-19-8-3-9-20-37,38-21-10-4-11-22-38)39-23-12-5-13-24-39/h2-13,16-17,19-28,30,33,36H,14-15,18,29H2,1H3/t33-,36-/m1/s1. The number of nitrogens with zero attached hydrogens (tertiary/aromatic N) is 5. The molecule has 0 radical (unpaired) electrons. The van der Waals surface area contributed by atoms with Crippen LogP contribution in [0.1, 0.15) is 38.6 Å². The first-order chi connectivity index (χ1) is 25.6. The molecule has 8 rings (SSSR count). The molecule has 0 unspecified atom stereocenters. The fourth-order valence-electron chi connectivity index (χ4n) is 7.17. The lowest BCUT2D eigenvalue weighted by Crippen LogP contribution is -2.27. The first-order valence-electron chi connectivity index (χ1n) is 17.6. The van der Waals surface area contributed by atoms with Gasteiger partial charge in [-0.05, 0) is 55.7 Å². The average Bonchev–Trinajstić information content (AvgIpc) is 3.59. The second-order valence-electron chi connectivity index (χ2n) is 12.9. The van der Waals surface area contributed by atoms with Crippen LogP contribution in [-0.2, 0) is 9.53 Å². The van der Waals surface area contributed by atoms with E-state index in [1.54, 1.807) is 6.33 Å². The van der Waals surface area contributed by atoms with Gasteiger partial charge in [-0.3, -0.25) is 4.79 Å². The van der Waals surface area contributed by atoms with Gasteiger partial charge in [-0.2, -0.15) is 5.10 Å². The molecule has 52 heavy (non-hydrogen) atoms. The average molecular weight is 704 g/mol. The van der Waals surface area contributed by atoms with Crippen LogP contribution >= 0.6 is 7.05 Å². The van der Waals surface area contributed by atoms with E-state index in [2.05, 4.69) is 72.8 Å². The molecule has 0 aliphatic heterocycles. The van der Waals surface area contributed by atoms with Crippen LogP contribution in [0, 0.1) is 0 Å². The molecule has 8 nitrogen and oxygen atoms in total. The predicted octanol–water partition coefficient (Wildman–Crippen LogP) is 9.14. The number of hydrogen-bond acceptors (Lipinski definition) is 7. The molecule has 0 bridgehead atoms. The maximum atomic E-state index is 11.9. The van der Waals surface area contributed by atoms with Crippen LogP contribution in [0.5, 0.6) is 11.5 Å². The summed E-state index contributed by atoms with van der Waals surface area (Å²) >= 11 is 0. The summed E-state index contributed by atoms with van der Waals surface area (Å²) in [4.78, 5) is 21.8. The number of rotatable bonds is 9. The maximum absolute atomic E-state index is 11.9. The number of carbonyl (C=O) groups excluding carboxylic acids is 1. The molecular formula is C43H38N5O3P. The molecule has 2 atom stereocenters. The lowest BCUT2D eigenvalue weighted by atomic mass is 9.93. The van der Waals surface area contributed by atoms with E-state index < -0.39 is 7.05 Å². The van der Waals surface area contributed by atoms with Gasteiger partial charge < -0.3 is 9.47 Å². The minimum Gasteiger partial charge on any atom is -0.462 e. The highest BCUT2D eigenvalue weighted by Crippen LogP contribution is 2.51. The number of esters is 1. The number of fused-ring (bicyclic) bond motifs is 1. The van der Waals surface area contributed by atoms with Crippen LogP contribution < -0.4 is 20.7 Å². The van der Waals surface area contributed by atoms with Crippen LogP contribution in [0.25, 0.3) is 22.3 Å². The third-order valence-electron chi connectivity index (χ3n) is 9.49. The summed E-state index contributed by atoms with van der Waals surface area (Å²) in [5.41, 5.74) is 2.34. The van der Waals surface area contributed by atoms with Crippen molar-refractivity contribution in [3.63, 3.8) is 0 Å². The van der Waals surface area contributed by atoms with Crippen molar-refractivity contribution in [2.45, 2.75) is 44.8 Å². The molecule has 2 heterocycles. The van der Waals surface area contributed by atoms with Crippen molar-refractivity contribution in [3.05, 3.63) is 152 Å². The highest BCUT2D eigenvalue weighted by Gasteiger charge is 2.32. The largest absolute Gasteiger partial charge is 0.462 e. The predicted molar refractivity (Wildman–Crippen MR) is 208 cm³/mol. The van der Waals surface area contributed by atoms with Gasteiger partial charge in [0, 0.05) is 34.8 Å². The van der Waals surface area contributed by atoms with E-state index in [4.69, 9.17) is 29.3 Å². The molecule has 7 aromatic rings. The van der Waals surface area contributed by atoms with Crippen molar-refractivity contribution < 1.29 is 14.3 Å². The number of para-hydroxylation sites is 1. The molecule has 0 N–H and O–H groups in total. The molecule has 5 aromatic carbocycles. The van der Waals surface area contributed by atoms with Crippen LogP contribution in [0.2, 0.25) is 0 Å². The minimum absolute atomic E-state index is 0.0188. The van der Waals surface area contributed by atoms with Crippen LogP contribution in [0.4, 0.5) is 5.82 Å². The number of benzene rings is 5. The van der Waals surface area contributed by atoms with Crippen molar-refractivity contribution in [1.82, 2.24) is 19.7 Å². The molecule has 0 amide bonds. The summed E-state index contributed by atoms with van der Waals surface area (Å²) in [7, 11) is -2.67. The summed E-state index contributed by atoms with van der Waals surface area (Å²) < 4.78 is 19.7. The molecule has 1 aliphatic carbocycles. The first-order valence-corrected chi connectivity index (χ1v) is 19.4. The summed E-state index contributed by atoms with van der Waals surface area (Å²) in [5, 5.41) is 9.44. The molecule has 0 saturated heterocycles. The smallest absolute Gasteiger partial charge is 0.302 e. The Morgan fingerprint density at radius 2 is 1.27 bits per heavy atom. The Hall–Kier alpha value is -5.85. The zero-order valence-corrected chi connectivity index (χ0v) is 29.7. The molecule has 1 fully saturated rings. The normalized spacial score (nSPS) is 15.9. The van der Waals surface area contributed by atoms with Crippen molar-refractivity contribution in [2.75, 3.05) is 0 Å². The minimum atomic E-state index is -2.67. The van der Waals surface area contributed by atoms with Crippen molar-refractivity contribution in [3.8, 4) is 22.8 Å². The maximum Gasteiger partial charge on any atom is 0.302 e. The van der Waals surface area contributed by atoms with Crippen LogP contribution in [0.15, 0.2) is 157 Å². The van der Waals surface area contributed by atoms with Gasteiger partial charge in [0.05, 0.1) is 18.5 Å². The Morgan fingerprint density at radius 3 is 1.85 bits per heavy atom. The van der Waals surface area contributed by atoms with Gasteiger partial charge in [0.1, 0.15) is 29.6 Å². The van der Waals surface area contributed by atoms with Crippen LogP contribution in [0.3, 0.4) is 0 Å². The van der Waals surface area contributed by atoms with Gasteiger partial charge in [0.25, 0.3) is 0 Å². The van der Waals surface area contributed by atoms with E-state index in [1.807, 2.05) is 77.5 Å².